The Morgan fingerprint density at radius 2 is 1.73 bits per heavy atom. The third kappa shape index (κ3) is 5.92. The smallest absolute Gasteiger partial charge is 0.306 e. The van der Waals surface area contributed by atoms with Crippen molar-refractivity contribution >= 4 is 17.7 Å². The Bertz CT molecular complexity index is 1290. The first kappa shape index (κ1) is 31.5. The fourth-order valence-electron chi connectivity index (χ4n) is 10.5. The molecule has 1 aromatic carbocycles. The van der Waals surface area contributed by atoms with Gasteiger partial charge in [-0.25, -0.2) is 0 Å². The van der Waals surface area contributed by atoms with Crippen molar-refractivity contribution in [2.75, 3.05) is 13.2 Å². The minimum absolute atomic E-state index is 0.00436. The van der Waals surface area contributed by atoms with E-state index in [0.717, 1.165) is 64.2 Å². The van der Waals surface area contributed by atoms with E-state index in [-0.39, 0.29) is 52.7 Å². The van der Waals surface area contributed by atoms with Crippen molar-refractivity contribution in [2.24, 2.45) is 28.6 Å². The maximum Gasteiger partial charge on any atom is 0.306 e. The molecule has 0 bridgehead atoms. The molecule has 1 amide bonds. The van der Waals surface area contributed by atoms with Crippen molar-refractivity contribution in [2.45, 2.75) is 128 Å². The van der Waals surface area contributed by atoms with Crippen molar-refractivity contribution in [3.8, 4) is 0 Å². The van der Waals surface area contributed by atoms with E-state index in [1.807, 2.05) is 12.1 Å². The molecule has 0 spiro atoms. The van der Waals surface area contributed by atoms with Crippen LogP contribution in [0.5, 0.6) is 0 Å². The fourth-order valence-corrected chi connectivity index (χ4v) is 10.5. The number of carbonyl (C=O) groups excluding carboxylic acids is 3. The summed E-state index contributed by atoms with van der Waals surface area (Å²) in [5.74, 6) is 1.80. The molecular formula is C38H53NO5. The summed E-state index contributed by atoms with van der Waals surface area (Å²) in [6, 6.07) is 10.6. The summed E-state index contributed by atoms with van der Waals surface area (Å²) < 4.78 is 12.2. The van der Waals surface area contributed by atoms with Crippen molar-refractivity contribution in [3.05, 3.63) is 47.5 Å². The molecule has 1 aliphatic heterocycles. The molecule has 0 radical (unpaired) electrons. The Balaban J connectivity index is 0.996. The molecule has 1 heterocycles. The summed E-state index contributed by atoms with van der Waals surface area (Å²) in [7, 11) is 0. The van der Waals surface area contributed by atoms with Crippen LogP contribution >= 0.6 is 0 Å². The number of amides is 1. The highest BCUT2D eigenvalue weighted by molar-refractivity contribution is 5.91. The zero-order chi connectivity index (χ0) is 31.2. The van der Waals surface area contributed by atoms with Gasteiger partial charge in [-0.3, -0.25) is 14.4 Å². The minimum atomic E-state index is -0.243. The van der Waals surface area contributed by atoms with Gasteiger partial charge in [-0.2, -0.15) is 0 Å². The molecule has 44 heavy (non-hydrogen) atoms. The lowest BCUT2D eigenvalue weighted by Crippen LogP contribution is -2.51. The van der Waals surface area contributed by atoms with Crippen molar-refractivity contribution in [3.63, 3.8) is 0 Å². The van der Waals surface area contributed by atoms with Gasteiger partial charge in [0, 0.05) is 36.8 Å². The van der Waals surface area contributed by atoms with Crippen LogP contribution < -0.4 is 5.32 Å². The van der Waals surface area contributed by atoms with Crippen LogP contribution in [-0.2, 0) is 29.3 Å². The lowest BCUT2D eigenvalue weighted by molar-refractivity contribution is -0.160. The number of rotatable bonds is 8. The Morgan fingerprint density at radius 1 is 0.932 bits per heavy atom. The molecule has 5 unspecified atom stereocenters. The second kappa shape index (κ2) is 12.0. The van der Waals surface area contributed by atoms with Crippen molar-refractivity contribution in [1.82, 2.24) is 5.32 Å². The predicted molar refractivity (Wildman–Crippen MR) is 171 cm³/mol. The molecule has 6 nitrogen and oxygen atoms in total. The number of nitrogens with one attached hydrogen (secondary N) is 1. The van der Waals surface area contributed by atoms with E-state index in [0.29, 0.717) is 43.1 Å². The molecular weight excluding hydrogens is 550 g/mol. The minimum Gasteiger partial charge on any atom is -0.462 e. The van der Waals surface area contributed by atoms with Gasteiger partial charge in [-0.05, 0) is 113 Å². The van der Waals surface area contributed by atoms with E-state index >= 15 is 0 Å². The summed E-state index contributed by atoms with van der Waals surface area (Å²) in [6.07, 6.45) is 13.0. The molecule has 7 atom stereocenters. The maximum atomic E-state index is 13.0. The number of allylic oxidation sites excluding steroid dienone is 1. The first-order chi connectivity index (χ1) is 20.9. The van der Waals surface area contributed by atoms with Gasteiger partial charge >= 0.3 is 5.97 Å². The van der Waals surface area contributed by atoms with Crippen LogP contribution in [0.25, 0.3) is 0 Å². The van der Waals surface area contributed by atoms with E-state index in [2.05, 4.69) is 57.3 Å². The average Bonchev–Trinajstić information content (AvgIpc) is 3.32. The van der Waals surface area contributed by atoms with Gasteiger partial charge in [-0.15, -0.1) is 0 Å². The molecule has 240 valence electrons. The van der Waals surface area contributed by atoms with Crippen molar-refractivity contribution < 1.29 is 23.9 Å². The molecule has 6 heteroatoms. The van der Waals surface area contributed by atoms with Crippen LogP contribution in [0, 0.1) is 28.6 Å². The normalized spacial score (nSPS) is 37.6. The number of ether oxygens (including phenoxy) is 2. The summed E-state index contributed by atoms with van der Waals surface area (Å²) >= 11 is 0. The highest BCUT2D eigenvalue weighted by Crippen LogP contribution is 2.65. The number of benzene rings is 1. The van der Waals surface area contributed by atoms with Crippen LogP contribution in [0.1, 0.15) is 117 Å². The molecule has 0 aromatic heterocycles. The van der Waals surface area contributed by atoms with Gasteiger partial charge in [0.05, 0.1) is 12.0 Å². The number of esters is 1. The standard InChI is InChI=1S/C38H53NO5/c1-35(2)25-38(21-23-43-35,26-8-6-5-7-9-26)20-22-39-33(41)14-15-34(42)44-32-13-12-30-29-11-10-27-24-28(40)16-18-36(27,3)31(29)17-19-37(30,32)4/h5-9,24,29-32H,10-23,25H2,1-4H3,(H,39,41)/t29?,30?,31?,32?,36-,37-,38?/m0/s1. The number of ketones is 1. The second-order valence-corrected chi connectivity index (χ2v) is 15.9. The van der Waals surface area contributed by atoms with E-state index in [1.54, 1.807) is 0 Å². The number of carbonyl (C=O) groups is 3. The highest BCUT2D eigenvalue weighted by Gasteiger charge is 2.60. The van der Waals surface area contributed by atoms with Crippen LogP contribution in [0.3, 0.4) is 0 Å². The zero-order valence-corrected chi connectivity index (χ0v) is 27.4. The second-order valence-electron chi connectivity index (χ2n) is 15.9. The Morgan fingerprint density at radius 3 is 2.50 bits per heavy atom. The van der Waals surface area contributed by atoms with Crippen LogP contribution in [0.4, 0.5) is 0 Å². The largest absolute Gasteiger partial charge is 0.462 e. The van der Waals surface area contributed by atoms with Crippen LogP contribution in [0.15, 0.2) is 42.0 Å². The third-order valence-corrected chi connectivity index (χ3v) is 12.9. The number of hydrogen-bond donors (Lipinski definition) is 1. The lowest BCUT2D eigenvalue weighted by Gasteiger charge is -2.57. The first-order valence-electron chi connectivity index (χ1n) is 17.3. The highest BCUT2D eigenvalue weighted by atomic mass is 16.5. The van der Waals surface area contributed by atoms with E-state index in [1.165, 1.54) is 11.1 Å². The average molecular weight is 604 g/mol. The molecule has 6 rings (SSSR count). The number of hydrogen-bond acceptors (Lipinski definition) is 5. The predicted octanol–water partition coefficient (Wildman–Crippen LogP) is 7.24. The van der Waals surface area contributed by atoms with Gasteiger partial charge in [0.25, 0.3) is 0 Å². The Kier molecular flexibility index (Phi) is 8.62. The quantitative estimate of drug-likeness (QED) is 0.317. The van der Waals surface area contributed by atoms with E-state index < -0.39 is 0 Å². The molecule has 3 saturated carbocycles. The third-order valence-electron chi connectivity index (χ3n) is 12.9. The summed E-state index contributed by atoms with van der Waals surface area (Å²) in [5.41, 5.74) is 2.61. The van der Waals surface area contributed by atoms with Gasteiger partial charge in [0.2, 0.25) is 5.91 Å². The van der Waals surface area contributed by atoms with Gasteiger partial charge in [0.15, 0.2) is 5.78 Å². The topological polar surface area (TPSA) is 81.7 Å². The maximum absolute atomic E-state index is 13.0. The SMILES string of the molecule is CC1(C)CC(CCNC(=O)CCC(=O)OC2CCC3C4CCC5=CC(=O)CC[C@]5(C)C4CC[C@]23C)(c2ccccc2)CCO1. The lowest BCUT2D eigenvalue weighted by atomic mass is 9.47. The summed E-state index contributed by atoms with van der Waals surface area (Å²) in [6.45, 7) is 10.3. The van der Waals surface area contributed by atoms with Gasteiger partial charge in [0.1, 0.15) is 6.10 Å². The molecule has 4 aliphatic carbocycles. The molecule has 1 N–H and O–H groups in total. The van der Waals surface area contributed by atoms with Crippen molar-refractivity contribution in [1.29, 1.82) is 0 Å². The Labute approximate surface area is 264 Å². The summed E-state index contributed by atoms with van der Waals surface area (Å²) in [4.78, 5) is 38.0. The Hall–Kier alpha value is -2.47. The van der Waals surface area contributed by atoms with Gasteiger partial charge in [-0.1, -0.05) is 49.8 Å². The molecule has 1 saturated heterocycles. The van der Waals surface area contributed by atoms with Gasteiger partial charge < -0.3 is 14.8 Å². The fraction of sp³-hybridized carbons (Fsp3) is 0.711. The van der Waals surface area contributed by atoms with E-state index in [9.17, 15) is 14.4 Å². The molecule has 5 aliphatic rings. The number of fused-ring (bicyclic) bond motifs is 5. The van der Waals surface area contributed by atoms with E-state index in [4.69, 9.17) is 9.47 Å². The van der Waals surface area contributed by atoms with Crippen LogP contribution in [0.2, 0.25) is 0 Å². The monoisotopic (exact) mass is 603 g/mol. The summed E-state index contributed by atoms with van der Waals surface area (Å²) in [5, 5.41) is 3.10. The van der Waals surface area contributed by atoms with Crippen LogP contribution in [-0.4, -0.2) is 42.5 Å². The first-order valence-corrected chi connectivity index (χ1v) is 17.3. The molecule has 4 fully saturated rings. The molecule has 1 aromatic rings. The zero-order valence-electron chi connectivity index (χ0n) is 27.4.